The molecule has 0 heteroatoms. The quantitative estimate of drug-likeness (QED) is 0.434. The lowest BCUT2D eigenvalue weighted by Crippen LogP contribution is -2.29. The zero-order valence-electron chi connectivity index (χ0n) is 13.5. The normalized spacial score (nSPS) is 17.8. The third-order valence-corrected chi connectivity index (χ3v) is 5.59. The van der Waals surface area contributed by atoms with Crippen LogP contribution < -0.4 is 0 Å². The SMILES string of the molecule is CCCCC(C)(CC)CC(C)C(C)(CC)CC. The van der Waals surface area contributed by atoms with Gasteiger partial charge in [-0.2, -0.15) is 0 Å². The summed E-state index contributed by atoms with van der Waals surface area (Å²) in [5, 5.41) is 0. The Balaban J connectivity index is 4.55. The molecule has 17 heavy (non-hydrogen) atoms. The predicted molar refractivity (Wildman–Crippen MR) is 80.4 cm³/mol. The Morgan fingerprint density at radius 3 is 1.76 bits per heavy atom. The maximum absolute atomic E-state index is 2.50. The lowest BCUT2D eigenvalue weighted by atomic mass is 9.65. The summed E-state index contributed by atoms with van der Waals surface area (Å²) in [7, 11) is 0. The van der Waals surface area contributed by atoms with Crippen molar-refractivity contribution in [1.29, 1.82) is 0 Å². The van der Waals surface area contributed by atoms with Crippen LogP contribution in [0.25, 0.3) is 0 Å². The van der Waals surface area contributed by atoms with E-state index in [0.29, 0.717) is 10.8 Å². The number of rotatable bonds is 9. The molecule has 0 amide bonds. The first-order valence-corrected chi connectivity index (χ1v) is 7.87. The van der Waals surface area contributed by atoms with Crippen molar-refractivity contribution in [2.24, 2.45) is 16.7 Å². The van der Waals surface area contributed by atoms with Crippen LogP contribution >= 0.6 is 0 Å². The van der Waals surface area contributed by atoms with Gasteiger partial charge in [0, 0.05) is 0 Å². The minimum Gasteiger partial charge on any atom is -0.0654 e. The fraction of sp³-hybridized carbons (Fsp3) is 1.00. The van der Waals surface area contributed by atoms with Crippen LogP contribution in [0.1, 0.15) is 93.4 Å². The molecule has 0 aromatic heterocycles. The summed E-state index contributed by atoms with van der Waals surface area (Å²) in [6.07, 6.45) is 9.52. The molecule has 0 rings (SSSR count). The van der Waals surface area contributed by atoms with E-state index < -0.39 is 0 Å². The number of hydrogen-bond donors (Lipinski definition) is 0. The third kappa shape index (κ3) is 5.02. The molecule has 0 aliphatic heterocycles. The van der Waals surface area contributed by atoms with E-state index in [-0.39, 0.29) is 0 Å². The van der Waals surface area contributed by atoms with E-state index >= 15 is 0 Å². The molecule has 0 heterocycles. The van der Waals surface area contributed by atoms with Gasteiger partial charge in [0.1, 0.15) is 0 Å². The van der Waals surface area contributed by atoms with Gasteiger partial charge in [0.25, 0.3) is 0 Å². The van der Waals surface area contributed by atoms with Crippen molar-refractivity contribution in [3.63, 3.8) is 0 Å². The summed E-state index contributed by atoms with van der Waals surface area (Å²) in [5.41, 5.74) is 1.11. The number of unbranched alkanes of at least 4 members (excludes halogenated alkanes) is 1. The highest BCUT2D eigenvalue weighted by molar-refractivity contribution is 4.83. The maximum atomic E-state index is 2.50. The summed E-state index contributed by atoms with van der Waals surface area (Å²) in [4.78, 5) is 0. The van der Waals surface area contributed by atoms with Gasteiger partial charge < -0.3 is 0 Å². The Kier molecular flexibility index (Phi) is 7.44. The lowest BCUT2D eigenvalue weighted by molar-refractivity contribution is 0.107. The van der Waals surface area contributed by atoms with Gasteiger partial charge in [-0.1, -0.05) is 80.6 Å². The van der Waals surface area contributed by atoms with E-state index in [2.05, 4.69) is 48.5 Å². The summed E-state index contributed by atoms with van der Waals surface area (Å²) < 4.78 is 0. The Bertz CT molecular complexity index is 190. The van der Waals surface area contributed by atoms with Crippen LogP contribution in [-0.2, 0) is 0 Å². The lowest BCUT2D eigenvalue weighted by Gasteiger charge is -2.40. The van der Waals surface area contributed by atoms with Gasteiger partial charge in [-0.05, 0) is 29.6 Å². The molecule has 0 nitrogen and oxygen atoms in total. The Morgan fingerprint density at radius 2 is 1.41 bits per heavy atom. The minimum absolute atomic E-state index is 0.544. The molecule has 0 bridgehead atoms. The van der Waals surface area contributed by atoms with E-state index in [1.807, 2.05) is 0 Å². The van der Waals surface area contributed by atoms with Crippen molar-refractivity contribution in [1.82, 2.24) is 0 Å². The van der Waals surface area contributed by atoms with E-state index in [9.17, 15) is 0 Å². The molecule has 0 aliphatic carbocycles. The van der Waals surface area contributed by atoms with Gasteiger partial charge in [-0.3, -0.25) is 0 Å². The Labute approximate surface area is 111 Å². The largest absolute Gasteiger partial charge is 0.0654 e. The molecule has 0 saturated heterocycles. The molecule has 2 unspecified atom stereocenters. The third-order valence-electron chi connectivity index (χ3n) is 5.59. The molecule has 2 atom stereocenters. The van der Waals surface area contributed by atoms with Crippen LogP contribution in [0.4, 0.5) is 0 Å². The first-order chi connectivity index (χ1) is 7.87. The maximum Gasteiger partial charge on any atom is -0.0305 e. The minimum atomic E-state index is 0.544. The van der Waals surface area contributed by atoms with Crippen molar-refractivity contribution >= 4 is 0 Å². The fourth-order valence-corrected chi connectivity index (χ4v) is 2.96. The van der Waals surface area contributed by atoms with Crippen LogP contribution in [0.3, 0.4) is 0 Å². The van der Waals surface area contributed by atoms with Gasteiger partial charge >= 0.3 is 0 Å². The topological polar surface area (TPSA) is 0 Å². The summed E-state index contributed by atoms with van der Waals surface area (Å²) in [5.74, 6) is 0.847. The predicted octanol–water partition coefficient (Wildman–Crippen LogP) is 6.45. The molecule has 0 aromatic carbocycles. The molecule has 0 fully saturated rings. The molecular weight excluding hydrogens is 204 g/mol. The molecule has 0 N–H and O–H groups in total. The van der Waals surface area contributed by atoms with Crippen molar-refractivity contribution in [2.75, 3.05) is 0 Å². The van der Waals surface area contributed by atoms with Crippen molar-refractivity contribution in [2.45, 2.75) is 93.4 Å². The first kappa shape index (κ1) is 17.0. The van der Waals surface area contributed by atoms with Gasteiger partial charge in [-0.25, -0.2) is 0 Å². The summed E-state index contributed by atoms with van der Waals surface area (Å²) in [6.45, 7) is 16.9. The van der Waals surface area contributed by atoms with Crippen LogP contribution in [0.5, 0.6) is 0 Å². The zero-order valence-corrected chi connectivity index (χ0v) is 13.5. The molecule has 0 aliphatic rings. The molecule has 0 spiro atoms. The molecular formula is C17H36. The Morgan fingerprint density at radius 1 is 0.882 bits per heavy atom. The van der Waals surface area contributed by atoms with Crippen molar-refractivity contribution < 1.29 is 0 Å². The number of hydrogen-bond acceptors (Lipinski definition) is 0. The first-order valence-electron chi connectivity index (χ1n) is 7.87. The molecule has 0 aromatic rings. The van der Waals surface area contributed by atoms with E-state index in [0.717, 1.165) is 5.92 Å². The standard InChI is InChI=1S/C17H36/c1-8-12-13-16(6,9-2)14-15(5)17(7,10-3)11-4/h15H,8-14H2,1-7H3. The summed E-state index contributed by atoms with van der Waals surface area (Å²) >= 11 is 0. The van der Waals surface area contributed by atoms with Crippen LogP contribution in [0.15, 0.2) is 0 Å². The Hall–Kier alpha value is 0. The van der Waals surface area contributed by atoms with Gasteiger partial charge in [0.05, 0.1) is 0 Å². The second kappa shape index (κ2) is 7.44. The zero-order chi connectivity index (χ0) is 13.5. The van der Waals surface area contributed by atoms with Gasteiger partial charge in [0.15, 0.2) is 0 Å². The average Bonchev–Trinajstić information content (AvgIpc) is 2.35. The van der Waals surface area contributed by atoms with E-state index in [1.54, 1.807) is 0 Å². The molecule has 104 valence electrons. The molecule has 0 radical (unpaired) electrons. The average molecular weight is 240 g/mol. The fourth-order valence-electron chi connectivity index (χ4n) is 2.96. The molecule has 0 saturated carbocycles. The van der Waals surface area contributed by atoms with Crippen LogP contribution in [0.2, 0.25) is 0 Å². The van der Waals surface area contributed by atoms with Crippen LogP contribution in [0, 0.1) is 16.7 Å². The van der Waals surface area contributed by atoms with Crippen molar-refractivity contribution in [3.05, 3.63) is 0 Å². The second-order valence-corrected chi connectivity index (χ2v) is 6.73. The highest BCUT2D eigenvalue weighted by Crippen LogP contribution is 2.44. The van der Waals surface area contributed by atoms with Gasteiger partial charge in [0.2, 0.25) is 0 Å². The van der Waals surface area contributed by atoms with Crippen molar-refractivity contribution in [3.8, 4) is 0 Å². The summed E-state index contributed by atoms with van der Waals surface area (Å²) in [6, 6.07) is 0. The van der Waals surface area contributed by atoms with E-state index in [4.69, 9.17) is 0 Å². The highest BCUT2D eigenvalue weighted by atomic mass is 14.4. The second-order valence-electron chi connectivity index (χ2n) is 6.73. The highest BCUT2D eigenvalue weighted by Gasteiger charge is 2.33. The van der Waals surface area contributed by atoms with Crippen LogP contribution in [-0.4, -0.2) is 0 Å². The van der Waals surface area contributed by atoms with E-state index in [1.165, 1.54) is 44.9 Å². The smallest absolute Gasteiger partial charge is 0.0305 e. The monoisotopic (exact) mass is 240 g/mol. The van der Waals surface area contributed by atoms with Gasteiger partial charge in [-0.15, -0.1) is 0 Å².